The quantitative estimate of drug-likeness (QED) is 0.490. The molecule has 4 saturated carbocycles. The normalized spacial score (nSPS) is 42.0. The average Bonchev–Trinajstić information content (AvgIpc) is 2.56. The van der Waals surface area contributed by atoms with Gasteiger partial charge in [-0.3, -0.25) is 19.3 Å². The van der Waals surface area contributed by atoms with Gasteiger partial charge in [0.25, 0.3) is 0 Å². The van der Waals surface area contributed by atoms with E-state index >= 15 is 0 Å². The molecule has 3 atom stereocenters. The molecule has 1 amide bonds. The second-order valence-corrected chi connectivity index (χ2v) is 11.7. The summed E-state index contributed by atoms with van der Waals surface area (Å²) < 4.78 is 11.4. The van der Waals surface area contributed by atoms with E-state index in [4.69, 9.17) is 9.47 Å². The average molecular weight is 436 g/mol. The Kier molecular flexibility index (Phi) is 5.48. The number of carbonyl (C=O) groups is 3. The van der Waals surface area contributed by atoms with Crippen LogP contribution in [0.2, 0.25) is 0 Å². The van der Waals surface area contributed by atoms with Gasteiger partial charge in [-0.15, -0.1) is 11.8 Å². The third-order valence-electron chi connectivity index (χ3n) is 7.25. The molecule has 0 saturated heterocycles. The van der Waals surface area contributed by atoms with Crippen molar-refractivity contribution < 1.29 is 23.9 Å². The monoisotopic (exact) mass is 435 g/mol. The van der Waals surface area contributed by atoms with E-state index in [1.54, 1.807) is 11.8 Å². The third kappa shape index (κ3) is 3.90. The summed E-state index contributed by atoms with van der Waals surface area (Å²) in [6.07, 6.45) is 8.59. The molecule has 4 fully saturated rings. The van der Waals surface area contributed by atoms with Crippen LogP contribution in [0.3, 0.4) is 0 Å². The molecule has 5 rings (SSSR count). The van der Waals surface area contributed by atoms with E-state index in [1.165, 1.54) is 59.3 Å². The molecule has 4 aliphatic carbocycles. The second kappa shape index (κ2) is 7.57. The lowest BCUT2D eigenvalue weighted by Crippen LogP contribution is -2.62. The van der Waals surface area contributed by atoms with Crippen molar-refractivity contribution in [1.29, 1.82) is 0 Å². The Hall–Kier alpha value is -1.50. The van der Waals surface area contributed by atoms with E-state index in [0.717, 1.165) is 23.3 Å². The molecule has 0 aromatic rings. The summed E-state index contributed by atoms with van der Waals surface area (Å²) in [5, 5.41) is -0.230. The van der Waals surface area contributed by atoms with E-state index in [9.17, 15) is 14.4 Å². The summed E-state index contributed by atoms with van der Waals surface area (Å²) >= 11 is 1.88. The van der Waals surface area contributed by atoms with E-state index in [2.05, 4.69) is 0 Å². The second-order valence-electron chi connectivity index (χ2n) is 10.1. The maximum Gasteiger partial charge on any atom is 0.304 e. The van der Waals surface area contributed by atoms with Crippen LogP contribution in [0.1, 0.15) is 73.1 Å². The molecular weight excluding hydrogens is 402 g/mol. The van der Waals surface area contributed by atoms with Gasteiger partial charge in [-0.1, -0.05) is 0 Å². The number of carbonyl (C=O) groups excluding carboxylic acids is 3. The highest BCUT2D eigenvalue weighted by atomic mass is 32.2. The number of ether oxygens (including phenoxy) is 2. The van der Waals surface area contributed by atoms with Crippen molar-refractivity contribution in [2.45, 2.75) is 95.1 Å². The number of hydrogen-bond donors (Lipinski definition) is 0. The van der Waals surface area contributed by atoms with E-state index in [1.807, 2.05) is 24.8 Å². The summed E-state index contributed by atoms with van der Waals surface area (Å²) in [4.78, 5) is 38.2. The topological polar surface area (TPSA) is 72.9 Å². The highest BCUT2D eigenvalue weighted by Gasteiger charge is 2.56. The first kappa shape index (κ1) is 21.7. The highest BCUT2D eigenvalue weighted by Crippen LogP contribution is 2.62. The van der Waals surface area contributed by atoms with Crippen LogP contribution in [0.15, 0.2) is 11.6 Å². The van der Waals surface area contributed by atoms with Gasteiger partial charge in [0, 0.05) is 25.5 Å². The maximum absolute atomic E-state index is 12.9. The summed E-state index contributed by atoms with van der Waals surface area (Å²) in [5.74, 6) is 1.24. The number of rotatable bonds is 4. The lowest BCUT2D eigenvalue weighted by atomic mass is 9.56. The van der Waals surface area contributed by atoms with Gasteiger partial charge in [0.2, 0.25) is 12.1 Å². The van der Waals surface area contributed by atoms with Gasteiger partial charge < -0.3 is 9.47 Å². The molecule has 7 heteroatoms. The minimum absolute atomic E-state index is 0.179. The molecule has 0 aromatic carbocycles. The van der Waals surface area contributed by atoms with Crippen LogP contribution in [0.5, 0.6) is 0 Å². The van der Waals surface area contributed by atoms with Gasteiger partial charge in [-0.05, 0) is 81.8 Å². The van der Waals surface area contributed by atoms with Crippen molar-refractivity contribution in [1.82, 2.24) is 4.90 Å². The molecule has 0 spiro atoms. The Morgan fingerprint density at radius 3 is 1.97 bits per heavy atom. The summed E-state index contributed by atoms with van der Waals surface area (Å²) in [7, 11) is 0. The smallest absolute Gasteiger partial charge is 0.304 e. The lowest BCUT2D eigenvalue weighted by Gasteiger charge is -2.58. The van der Waals surface area contributed by atoms with Crippen molar-refractivity contribution in [3.8, 4) is 0 Å². The van der Waals surface area contributed by atoms with Crippen LogP contribution >= 0.6 is 11.8 Å². The number of amides is 1. The van der Waals surface area contributed by atoms with Crippen molar-refractivity contribution in [2.24, 2.45) is 17.8 Å². The van der Waals surface area contributed by atoms with Gasteiger partial charge >= 0.3 is 11.9 Å². The minimum atomic E-state index is -1.22. The highest BCUT2D eigenvalue weighted by molar-refractivity contribution is 8.01. The molecule has 0 aromatic heterocycles. The number of esters is 2. The van der Waals surface area contributed by atoms with Crippen molar-refractivity contribution in [2.75, 3.05) is 0 Å². The Morgan fingerprint density at radius 2 is 1.53 bits per heavy atom. The Balaban J connectivity index is 1.69. The SMILES string of the molecule is CC(=O)O[C@@H]1N(C(C)=O)[C@H](SC23CC4CC(CC(C4)C2)C3)C(C)=C[C@]1(C)OC(C)=O. The zero-order chi connectivity index (χ0) is 21.8. The fourth-order valence-electron chi connectivity index (χ4n) is 6.83. The zero-order valence-electron chi connectivity index (χ0n) is 18.6. The lowest BCUT2D eigenvalue weighted by molar-refractivity contribution is -0.200. The van der Waals surface area contributed by atoms with Crippen LogP contribution in [0, 0.1) is 17.8 Å². The summed E-state index contributed by atoms with van der Waals surface area (Å²) in [6.45, 7) is 7.83. The number of hydrogen-bond acceptors (Lipinski definition) is 6. The Morgan fingerprint density at radius 1 is 1.00 bits per heavy atom. The van der Waals surface area contributed by atoms with Gasteiger partial charge in [-0.25, -0.2) is 0 Å². The molecule has 0 N–H and O–H groups in total. The van der Waals surface area contributed by atoms with Crippen LogP contribution in [-0.4, -0.2) is 44.7 Å². The molecule has 1 aliphatic heterocycles. The minimum Gasteiger partial charge on any atom is -0.449 e. The van der Waals surface area contributed by atoms with Crippen molar-refractivity contribution in [3.63, 3.8) is 0 Å². The molecular formula is C23H33NO5S. The van der Waals surface area contributed by atoms with Gasteiger partial charge in [0.1, 0.15) is 5.37 Å². The molecule has 1 heterocycles. The fraction of sp³-hybridized carbons (Fsp3) is 0.783. The zero-order valence-corrected chi connectivity index (χ0v) is 19.4. The van der Waals surface area contributed by atoms with Crippen molar-refractivity contribution >= 4 is 29.6 Å². The van der Waals surface area contributed by atoms with E-state index < -0.39 is 23.8 Å². The standard InChI is InChI=1S/C23H33NO5S/c1-13-9-22(5,29-16(4)27)21(28-15(3)26)24(14(2)25)20(13)30-23-10-17-6-18(11-23)8-19(7-17)12-23/h9,17-21H,6-8,10-12H2,1-5H3/t17?,18?,19?,20-,21+,22+,23?/m1/s1. The third-order valence-corrected chi connectivity index (χ3v) is 9.07. The first-order chi connectivity index (χ1) is 14.0. The van der Waals surface area contributed by atoms with Crippen LogP contribution in [0.4, 0.5) is 0 Å². The Bertz CT molecular complexity index is 757. The predicted molar refractivity (Wildman–Crippen MR) is 114 cm³/mol. The fourth-order valence-corrected chi connectivity index (χ4v) is 8.92. The largest absolute Gasteiger partial charge is 0.449 e. The van der Waals surface area contributed by atoms with E-state index in [0.29, 0.717) is 0 Å². The van der Waals surface area contributed by atoms with Gasteiger partial charge in [0.05, 0.1) is 0 Å². The van der Waals surface area contributed by atoms with Gasteiger partial charge in [0.15, 0.2) is 5.60 Å². The molecule has 0 unspecified atom stereocenters. The van der Waals surface area contributed by atoms with Crippen LogP contribution in [-0.2, 0) is 23.9 Å². The molecule has 5 aliphatic rings. The van der Waals surface area contributed by atoms with Gasteiger partial charge in [-0.2, -0.15) is 0 Å². The number of nitrogens with zero attached hydrogens (tertiary/aromatic N) is 1. The van der Waals surface area contributed by atoms with E-state index in [-0.39, 0.29) is 16.0 Å². The first-order valence-electron chi connectivity index (χ1n) is 11.0. The molecule has 4 bridgehead atoms. The van der Waals surface area contributed by atoms with Crippen LogP contribution in [0.25, 0.3) is 0 Å². The summed E-state index contributed by atoms with van der Waals surface area (Å²) in [6, 6.07) is 0. The predicted octanol–water partition coefficient (Wildman–Crippen LogP) is 4.03. The maximum atomic E-state index is 12.9. The van der Waals surface area contributed by atoms with Crippen molar-refractivity contribution in [3.05, 3.63) is 11.6 Å². The Labute approximate surface area is 183 Å². The molecule has 6 nitrogen and oxygen atoms in total. The molecule has 30 heavy (non-hydrogen) atoms. The first-order valence-corrected chi connectivity index (χ1v) is 11.9. The summed E-state index contributed by atoms with van der Waals surface area (Å²) in [5.41, 5.74) is -0.246. The number of thioether (sulfide) groups is 1. The van der Waals surface area contributed by atoms with Crippen LogP contribution < -0.4 is 0 Å². The molecule has 166 valence electrons. The molecule has 0 radical (unpaired) electrons.